The molecule has 2 amide bonds. The molecule has 1 N–H and O–H groups in total. The predicted molar refractivity (Wildman–Crippen MR) is 94.6 cm³/mol. The van der Waals surface area contributed by atoms with Crippen LogP contribution in [0.4, 0.5) is 10.5 Å². The van der Waals surface area contributed by atoms with Crippen molar-refractivity contribution in [3.05, 3.63) is 62.6 Å². The predicted octanol–water partition coefficient (Wildman–Crippen LogP) is 4.01. The van der Waals surface area contributed by atoms with Crippen LogP contribution in [0.25, 0.3) is 11.0 Å². The number of hydrogen-bond acceptors (Lipinski definition) is 4. The zero-order valence-electron chi connectivity index (χ0n) is 13.1. The van der Waals surface area contributed by atoms with Gasteiger partial charge in [-0.05, 0) is 54.6 Å². The van der Waals surface area contributed by atoms with Crippen LogP contribution < -0.4 is 10.9 Å². The Bertz CT molecular complexity index is 976. The molecule has 0 saturated carbocycles. The zero-order chi connectivity index (χ0) is 16.7. The summed E-state index contributed by atoms with van der Waals surface area (Å²) in [5.41, 5.74) is 2.05. The number of benzene rings is 1. The molecular weight excluding hydrogens is 324 g/mol. The lowest BCUT2D eigenvalue weighted by Gasteiger charge is -2.33. The second-order valence-corrected chi connectivity index (χ2v) is 6.86. The summed E-state index contributed by atoms with van der Waals surface area (Å²) in [5, 5.41) is 5.80. The largest absolute Gasteiger partial charge is 0.423 e. The van der Waals surface area contributed by atoms with Gasteiger partial charge in [0.15, 0.2) is 0 Å². The topological polar surface area (TPSA) is 62.6 Å². The van der Waals surface area contributed by atoms with Crippen molar-refractivity contribution in [2.75, 3.05) is 11.9 Å². The first-order chi connectivity index (χ1) is 11.6. The third-order valence-corrected chi connectivity index (χ3v) is 5.41. The van der Waals surface area contributed by atoms with Gasteiger partial charge in [0, 0.05) is 28.6 Å². The molecule has 0 saturated heterocycles. The second kappa shape index (κ2) is 5.79. The van der Waals surface area contributed by atoms with Crippen LogP contribution in [0.2, 0.25) is 0 Å². The molecule has 0 radical (unpaired) electrons. The molecule has 0 unspecified atom stereocenters. The monoisotopic (exact) mass is 340 g/mol. The quantitative estimate of drug-likeness (QED) is 0.681. The number of urea groups is 1. The Hall–Kier alpha value is -2.60. The number of carbonyl (C=O) groups is 1. The van der Waals surface area contributed by atoms with Crippen LogP contribution in [0.3, 0.4) is 0 Å². The van der Waals surface area contributed by atoms with Gasteiger partial charge in [0.25, 0.3) is 0 Å². The van der Waals surface area contributed by atoms with Gasteiger partial charge in [0.05, 0.1) is 6.04 Å². The molecule has 2 aromatic heterocycles. The minimum absolute atomic E-state index is 0.0680. The fourth-order valence-corrected chi connectivity index (χ4v) is 4.09. The van der Waals surface area contributed by atoms with E-state index in [1.165, 1.54) is 16.5 Å². The fourth-order valence-electron chi connectivity index (χ4n) is 3.13. The first kappa shape index (κ1) is 15.0. The summed E-state index contributed by atoms with van der Waals surface area (Å²) in [6, 6.07) is 10.4. The van der Waals surface area contributed by atoms with Crippen molar-refractivity contribution < 1.29 is 9.21 Å². The third-order valence-electron chi connectivity index (χ3n) is 4.41. The number of carbonyl (C=O) groups excluding carboxylic acids is 1. The van der Waals surface area contributed by atoms with Crippen molar-refractivity contribution in [1.82, 2.24) is 4.90 Å². The second-order valence-electron chi connectivity index (χ2n) is 5.86. The molecule has 1 atom stereocenters. The van der Waals surface area contributed by atoms with Crippen LogP contribution in [-0.2, 0) is 6.42 Å². The third kappa shape index (κ3) is 2.59. The Kier molecular flexibility index (Phi) is 3.61. The van der Waals surface area contributed by atoms with Gasteiger partial charge >= 0.3 is 11.7 Å². The van der Waals surface area contributed by atoms with Crippen LogP contribution in [0.5, 0.6) is 0 Å². The number of hydrogen-bond donors (Lipinski definition) is 1. The lowest BCUT2D eigenvalue weighted by Crippen LogP contribution is -2.40. The highest BCUT2D eigenvalue weighted by atomic mass is 32.1. The summed E-state index contributed by atoms with van der Waals surface area (Å²) < 4.78 is 5.11. The van der Waals surface area contributed by atoms with Gasteiger partial charge in [-0.3, -0.25) is 0 Å². The molecule has 0 bridgehead atoms. The first-order valence-electron chi connectivity index (χ1n) is 7.79. The highest BCUT2D eigenvalue weighted by Gasteiger charge is 2.28. The normalized spacial score (nSPS) is 16.9. The Morgan fingerprint density at radius 1 is 1.29 bits per heavy atom. The summed E-state index contributed by atoms with van der Waals surface area (Å²) in [6.07, 6.45) is 0.896. The highest BCUT2D eigenvalue weighted by molar-refractivity contribution is 7.10. The van der Waals surface area contributed by atoms with Crippen molar-refractivity contribution >= 4 is 34.0 Å². The summed E-state index contributed by atoms with van der Waals surface area (Å²) in [7, 11) is 0. The van der Waals surface area contributed by atoms with Crippen LogP contribution in [-0.4, -0.2) is 17.5 Å². The standard InChI is InChI=1S/C18H16N2O3S/c1-11-14-7-9-24-16(14)6-8-20(11)18(22)19-13-3-4-15-12(10-13)2-5-17(21)23-15/h2-5,7,9-11H,6,8H2,1H3,(H,19,22)/t11-/m1/s1. The van der Waals surface area contributed by atoms with E-state index in [-0.39, 0.29) is 17.7 Å². The molecule has 3 heterocycles. The van der Waals surface area contributed by atoms with E-state index in [9.17, 15) is 9.59 Å². The van der Waals surface area contributed by atoms with E-state index < -0.39 is 0 Å². The van der Waals surface area contributed by atoms with E-state index in [1.54, 1.807) is 35.6 Å². The molecule has 4 rings (SSSR count). The summed E-state index contributed by atoms with van der Waals surface area (Å²) >= 11 is 1.76. The van der Waals surface area contributed by atoms with E-state index in [2.05, 4.69) is 23.7 Å². The Balaban J connectivity index is 1.56. The number of nitrogens with one attached hydrogen (secondary N) is 1. The lowest BCUT2D eigenvalue weighted by atomic mass is 10.0. The van der Waals surface area contributed by atoms with Crippen molar-refractivity contribution in [2.45, 2.75) is 19.4 Å². The number of fused-ring (bicyclic) bond motifs is 2. The lowest BCUT2D eigenvalue weighted by molar-refractivity contribution is 0.189. The maximum absolute atomic E-state index is 12.6. The minimum Gasteiger partial charge on any atom is -0.423 e. The maximum Gasteiger partial charge on any atom is 0.336 e. The molecule has 1 aromatic carbocycles. The van der Waals surface area contributed by atoms with Gasteiger partial charge in [0.1, 0.15) is 5.58 Å². The van der Waals surface area contributed by atoms with Crippen molar-refractivity contribution in [1.29, 1.82) is 0 Å². The van der Waals surface area contributed by atoms with E-state index in [1.807, 2.05) is 4.90 Å². The van der Waals surface area contributed by atoms with Gasteiger partial charge in [-0.15, -0.1) is 11.3 Å². The number of rotatable bonds is 1. The average Bonchev–Trinajstić information content (AvgIpc) is 3.05. The SMILES string of the molecule is C[C@@H]1c2ccsc2CCN1C(=O)Nc1ccc2oc(=O)ccc2c1. The van der Waals surface area contributed by atoms with E-state index in [0.29, 0.717) is 17.8 Å². The van der Waals surface area contributed by atoms with Crippen LogP contribution >= 0.6 is 11.3 Å². The van der Waals surface area contributed by atoms with E-state index in [0.717, 1.165) is 11.8 Å². The number of amides is 2. The molecule has 6 heteroatoms. The zero-order valence-corrected chi connectivity index (χ0v) is 13.9. The molecule has 24 heavy (non-hydrogen) atoms. The van der Waals surface area contributed by atoms with Gasteiger partial charge in [-0.1, -0.05) is 0 Å². The summed E-state index contributed by atoms with van der Waals surface area (Å²) in [4.78, 5) is 27.1. The van der Waals surface area contributed by atoms with Crippen LogP contribution in [0.15, 0.2) is 51.0 Å². The Morgan fingerprint density at radius 2 is 2.17 bits per heavy atom. The van der Waals surface area contributed by atoms with Gasteiger partial charge in [-0.25, -0.2) is 9.59 Å². The van der Waals surface area contributed by atoms with Gasteiger partial charge in [-0.2, -0.15) is 0 Å². The smallest absolute Gasteiger partial charge is 0.336 e. The van der Waals surface area contributed by atoms with Crippen molar-refractivity contribution in [3.63, 3.8) is 0 Å². The number of thiophene rings is 1. The maximum atomic E-state index is 12.6. The number of nitrogens with zero attached hydrogens (tertiary/aromatic N) is 1. The molecule has 5 nitrogen and oxygen atoms in total. The number of anilines is 1. The molecule has 0 aliphatic carbocycles. The molecule has 122 valence electrons. The summed E-state index contributed by atoms with van der Waals surface area (Å²) in [6.45, 7) is 2.77. The van der Waals surface area contributed by atoms with Crippen LogP contribution in [0, 0.1) is 0 Å². The highest BCUT2D eigenvalue weighted by Crippen LogP contribution is 2.33. The molecule has 1 aliphatic heterocycles. The van der Waals surface area contributed by atoms with E-state index >= 15 is 0 Å². The molecule has 3 aromatic rings. The fraction of sp³-hybridized carbons (Fsp3) is 0.222. The molecule has 1 aliphatic rings. The molecule has 0 fully saturated rings. The van der Waals surface area contributed by atoms with Crippen molar-refractivity contribution in [2.24, 2.45) is 0 Å². The van der Waals surface area contributed by atoms with E-state index in [4.69, 9.17) is 4.42 Å². The minimum atomic E-state index is -0.381. The first-order valence-corrected chi connectivity index (χ1v) is 8.67. The van der Waals surface area contributed by atoms with Crippen molar-refractivity contribution in [3.8, 4) is 0 Å². The molecular formula is C18H16N2O3S. The van der Waals surface area contributed by atoms with Crippen LogP contribution in [0.1, 0.15) is 23.4 Å². The average molecular weight is 340 g/mol. The Morgan fingerprint density at radius 3 is 3.04 bits per heavy atom. The summed E-state index contributed by atoms with van der Waals surface area (Å²) in [5.74, 6) is 0. The van der Waals surface area contributed by atoms with Gasteiger partial charge in [0.2, 0.25) is 0 Å². The molecule has 0 spiro atoms. The Labute approximate surface area is 142 Å². The van der Waals surface area contributed by atoms with Gasteiger partial charge < -0.3 is 14.6 Å².